The molecule has 7 nitrogen and oxygen atoms in total. The van der Waals surface area contributed by atoms with Gasteiger partial charge in [-0.25, -0.2) is 0 Å². The molecule has 2 aromatic heterocycles. The van der Waals surface area contributed by atoms with Crippen molar-refractivity contribution in [2.24, 2.45) is 7.05 Å². The van der Waals surface area contributed by atoms with Crippen LogP contribution >= 0.6 is 0 Å². The van der Waals surface area contributed by atoms with Gasteiger partial charge < -0.3 is 14.8 Å². The van der Waals surface area contributed by atoms with E-state index in [2.05, 4.69) is 26.5 Å². The molecule has 0 unspecified atom stereocenters. The first-order valence-electron chi connectivity index (χ1n) is 9.69. The van der Waals surface area contributed by atoms with Crippen LogP contribution in [0.5, 0.6) is 0 Å². The van der Waals surface area contributed by atoms with Crippen molar-refractivity contribution >= 4 is 11.7 Å². The minimum atomic E-state index is -0.289. The monoisotopic (exact) mass is 367 g/mol. The van der Waals surface area contributed by atoms with E-state index in [4.69, 9.17) is 0 Å². The number of carbonyl (C=O) groups excluding carboxylic acids is 1. The lowest BCUT2D eigenvalue weighted by molar-refractivity contribution is 0.0929. The molecule has 0 atom stereocenters. The van der Waals surface area contributed by atoms with Gasteiger partial charge in [0.05, 0.1) is 5.69 Å². The Kier molecular flexibility index (Phi) is 4.92. The summed E-state index contributed by atoms with van der Waals surface area (Å²) >= 11 is 0. The van der Waals surface area contributed by atoms with Crippen molar-refractivity contribution in [2.45, 2.75) is 44.6 Å². The van der Waals surface area contributed by atoms with Crippen LogP contribution < -0.4 is 15.8 Å². The molecule has 0 spiro atoms. The van der Waals surface area contributed by atoms with Gasteiger partial charge in [0, 0.05) is 32.4 Å². The van der Waals surface area contributed by atoms with Gasteiger partial charge in [0.1, 0.15) is 5.56 Å². The molecule has 2 aliphatic rings. The number of anilines is 1. The summed E-state index contributed by atoms with van der Waals surface area (Å²) in [4.78, 5) is 26.8. The van der Waals surface area contributed by atoms with E-state index in [1.165, 1.54) is 23.0 Å². The Morgan fingerprint density at radius 1 is 1.19 bits per heavy atom. The summed E-state index contributed by atoms with van der Waals surface area (Å²) in [5, 5.41) is 11.8. The molecule has 1 N–H and O–H groups in total. The average molecular weight is 367 g/mol. The average Bonchev–Trinajstić information content (AvgIpc) is 2.70. The molecule has 0 bridgehead atoms. The maximum atomic E-state index is 12.4. The lowest BCUT2D eigenvalue weighted by atomic mass is 9.96. The highest BCUT2D eigenvalue weighted by molar-refractivity contribution is 5.94. The highest BCUT2D eigenvalue weighted by atomic mass is 16.2. The van der Waals surface area contributed by atoms with Crippen LogP contribution in [0.15, 0.2) is 29.2 Å². The number of nitrogens with zero attached hydrogens (tertiary/aromatic N) is 4. The fourth-order valence-electron chi connectivity index (χ4n) is 3.92. The topological polar surface area (TPSA) is 80.1 Å². The van der Waals surface area contributed by atoms with Crippen molar-refractivity contribution in [3.63, 3.8) is 0 Å². The second-order valence-electron chi connectivity index (χ2n) is 7.45. The molecule has 142 valence electrons. The van der Waals surface area contributed by atoms with Gasteiger partial charge in [-0.2, -0.15) is 5.10 Å². The lowest BCUT2D eigenvalue weighted by Crippen LogP contribution is -2.46. The number of aromatic nitrogens is 3. The first-order valence-corrected chi connectivity index (χ1v) is 9.69. The van der Waals surface area contributed by atoms with Crippen molar-refractivity contribution < 1.29 is 4.79 Å². The number of fused-ring (bicyclic) bond motifs is 1. The number of carbonyl (C=O) groups is 1. The van der Waals surface area contributed by atoms with E-state index in [-0.39, 0.29) is 23.1 Å². The summed E-state index contributed by atoms with van der Waals surface area (Å²) in [5.41, 5.74) is 2.41. The molecule has 7 heteroatoms. The zero-order valence-corrected chi connectivity index (χ0v) is 15.6. The Bertz CT molecular complexity index is 899. The van der Waals surface area contributed by atoms with E-state index in [0.29, 0.717) is 0 Å². The molecule has 27 heavy (non-hydrogen) atoms. The number of hydrogen-bond donors (Lipinski definition) is 1. The summed E-state index contributed by atoms with van der Waals surface area (Å²) in [6.45, 7) is 1.65. The quantitative estimate of drug-likeness (QED) is 0.888. The second kappa shape index (κ2) is 7.50. The van der Waals surface area contributed by atoms with Crippen molar-refractivity contribution in [3.8, 4) is 0 Å². The minimum absolute atomic E-state index is 0.0734. The summed E-state index contributed by atoms with van der Waals surface area (Å²) in [6, 6.07) is 5.56. The summed E-state index contributed by atoms with van der Waals surface area (Å²) in [5.74, 6) is 0.653. The van der Waals surface area contributed by atoms with Gasteiger partial charge in [-0.05, 0) is 62.3 Å². The number of pyridine rings is 1. The molecule has 0 radical (unpaired) electrons. The molecule has 2 aromatic rings. The van der Waals surface area contributed by atoms with Crippen LogP contribution in [0.1, 0.15) is 47.3 Å². The van der Waals surface area contributed by atoms with Crippen LogP contribution in [0.4, 0.5) is 5.82 Å². The van der Waals surface area contributed by atoms with Crippen LogP contribution in [-0.2, 0) is 19.9 Å². The molecule has 1 aliphatic carbocycles. The van der Waals surface area contributed by atoms with Gasteiger partial charge in [-0.15, -0.1) is 5.10 Å². The number of aryl methyl sites for hydroxylation is 3. The predicted molar refractivity (Wildman–Crippen MR) is 103 cm³/mol. The van der Waals surface area contributed by atoms with E-state index in [1.54, 1.807) is 25.4 Å². The van der Waals surface area contributed by atoms with E-state index < -0.39 is 0 Å². The molecule has 1 amide bonds. The van der Waals surface area contributed by atoms with Gasteiger partial charge in [-0.1, -0.05) is 0 Å². The normalized spacial score (nSPS) is 17.4. The van der Waals surface area contributed by atoms with Crippen molar-refractivity contribution in [3.05, 3.63) is 51.6 Å². The van der Waals surface area contributed by atoms with E-state index in [1.807, 2.05) is 0 Å². The molecular weight excluding hydrogens is 342 g/mol. The minimum Gasteiger partial charge on any atom is -0.355 e. The van der Waals surface area contributed by atoms with Crippen molar-refractivity contribution in [2.75, 3.05) is 18.0 Å². The molecule has 1 aliphatic heterocycles. The maximum absolute atomic E-state index is 12.4. The Morgan fingerprint density at radius 2 is 1.96 bits per heavy atom. The zero-order chi connectivity index (χ0) is 18.8. The van der Waals surface area contributed by atoms with Gasteiger partial charge in [-0.3, -0.25) is 9.59 Å². The van der Waals surface area contributed by atoms with Crippen molar-refractivity contribution in [1.82, 2.24) is 20.1 Å². The number of rotatable bonds is 3. The maximum Gasteiger partial charge on any atom is 0.263 e. The number of hydrogen-bond acceptors (Lipinski definition) is 5. The Morgan fingerprint density at radius 3 is 2.78 bits per heavy atom. The molecule has 3 heterocycles. The third-order valence-electron chi connectivity index (χ3n) is 5.58. The van der Waals surface area contributed by atoms with Crippen LogP contribution in [0.25, 0.3) is 0 Å². The summed E-state index contributed by atoms with van der Waals surface area (Å²) < 4.78 is 1.42. The van der Waals surface area contributed by atoms with Crippen LogP contribution in [0.2, 0.25) is 0 Å². The van der Waals surface area contributed by atoms with Gasteiger partial charge in [0.25, 0.3) is 11.5 Å². The smallest absolute Gasteiger partial charge is 0.263 e. The highest BCUT2D eigenvalue weighted by Crippen LogP contribution is 2.24. The van der Waals surface area contributed by atoms with Crippen LogP contribution in [-0.4, -0.2) is 39.8 Å². The molecule has 0 aromatic carbocycles. The summed E-state index contributed by atoms with van der Waals surface area (Å²) in [6.07, 6.45) is 7.88. The largest absolute Gasteiger partial charge is 0.355 e. The van der Waals surface area contributed by atoms with E-state index >= 15 is 0 Å². The zero-order valence-electron chi connectivity index (χ0n) is 15.6. The Labute approximate surface area is 158 Å². The number of amides is 1. The van der Waals surface area contributed by atoms with Gasteiger partial charge >= 0.3 is 0 Å². The van der Waals surface area contributed by atoms with E-state index in [9.17, 15) is 9.59 Å². The molecule has 1 fully saturated rings. The first kappa shape index (κ1) is 17.7. The molecular formula is C20H25N5O2. The SMILES string of the molecule is Cn1cccc(C(=O)NC2CCN(c3cc4c(nn3)CCCC4)CC2)c1=O. The fraction of sp³-hybridized carbons (Fsp3) is 0.500. The Balaban J connectivity index is 1.37. The fourth-order valence-corrected chi connectivity index (χ4v) is 3.92. The standard InChI is InChI=1S/C20H25N5O2/c1-24-10-4-6-16(20(24)27)19(26)21-15-8-11-25(12-9-15)18-13-14-5-2-3-7-17(14)22-23-18/h4,6,10,13,15H,2-3,5,7-9,11-12H2,1H3,(H,21,26). The molecule has 1 saturated heterocycles. The van der Waals surface area contributed by atoms with Crippen molar-refractivity contribution in [1.29, 1.82) is 0 Å². The third-order valence-corrected chi connectivity index (χ3v) is 5.58. The number of piperidine rings is 1. The van der Waals surface area contributed by atoms with Gasteiger partial charge in [0.2, 0.25) is 0 Å². The van der Waals surface area contributed by atoms with Crippen LogP contribution in [0, 0.1) is 0 Å². The first-order chi connectivity index (χ1) is 13.1. The Hall–Kier alpha value is -2.70. The van der Waals surface area contributed by atoms with Crippen LogP contribution in [0.3, 0.4) is 0 Å². The van der Waals surface area contributed by atoms with E-state index in [0.717, 1.165) is 50.3 Å². The van der Waals surface area contributed by atoms with Gasteiger partial charge in [0.15, 0.2) is 5.82 Å². The molecule has 0 saturated carbocycles. The number of nitrogens with one attached hydrogen (secondary N) is 1. The molecule has 4 rings (SSSR count). The predicted octanol–water partition coefficient (Wildman–Crippen LogP) is 1.45. The highest BCUT2D eigenvalue weighted by Gasteiger charge is 2.24. The summed E-state index contributed by atoms with van der Waals surface area (Å²) in [7, 11) is 1.65. The second-order valence-corrected chi connectivity index (χ2v) is 7.45. The third kappa shape index (κ3) is 3.72. The lowest BCUT2D eigenvalue weighted by Gasteiger charge is -2.33.